The first-order valence-electron chi connectivity index (χ1n) is 9.51. The van der Waals surface area contributed by atoms with E-state index in [1.54, 1.807) is 10.8 Å². The van der Waals surface area contributed by atoms with Gasteiger partial charge in [-0.2, -0.15) is 0 Å². The summed E-state index contributed by atoms with van der Waals surface area (Å²) in [5.74, 6) is 0.547. The minimum atomic E-state index is -0.181. The van der Waals surface area contributed by atoms with Crippen LogP contribution < -0.4 is 5.69 Å². The van der Waals surface area contributed by atoms with Gasteiger partial charge in [0.25, 0.3) is 0 Å². The molecule has 28 heavy (non-hydrogen) atoms. The summed E-state index contributed by atoms with van der Waals surface area (Å²) in [4.78, 5) is 24.3. The highest BCUT2D eigenvalue weighted by Crippen LogP contribution is 2.21. The predicted molar refractivity (Wildman–Crippen MR) is 106 cm³/mol. The number of rotatable bonds is 5. The number of aromatic nitrogens is 4. The summed E-state index contributed by atoms with van der Waals surface area (Å²) in [5, 5.41) is 7.86. The summed E-state index contributed by atoms with van der Waals surface area (Å²) >= 11 is 0. The Morgan fingerprint density at radius 2 is 2.07 bits per heavy atom. The van der Waals surface area contributed by atoms with Crippen molar-refractivity contribution in [2.45, 2.75) is 26.3 Å². The Morgan fingerprint density at radius 3 is 2.79 bits per heavy atom. The molecular formula is C20H23N5O3. The van der Waals surface area contributed by atoms with Crippen LogP contribution in [0, 0.1) is 11.3 Å². The van der Waals surface area contributed by atoms with Crippen molar-refractivity contribution >= 4 is 17.2 Å². The Morgan fingerprint density at radius 1 is 1.32 bits per heavy atom. The smallest absolute Gasteiger partial charge is 0.328 e. The van der Waals surface area contributed by atoms with Gasteiger partial charge in [0.2, 0.25) is 5.90 Å². The van der Waals surface area contributed by atoms with Gasteiger partial charge < -0.3 is 9.47 Å². The van der Waals surface area contributed by atoms with Crippen molar-refractivity contribution in [3.8, 4) is 11.3 Å². The number of H-pyrrole nitrogens is 1. The molecule has 1 aromatic carbocycles. The molecule has 1 aliphatic heterocycles. The van der Waals surface area contributed by atoms with Crippen LogP contribution in [0.5, 0.6) is 0 Å². The number of aromatic amines is 1. The Balaban J connectivity index is 1.64. The van der Waals surface area contributed by atoms with E-state index >= 15 is 0 Å². The molecular weight excluding hydrogens is 358 g/mol. The molecule has 3 heterocycles. The average molecular weight is 381 g/mol. The monoisotopic (exact) mass is 381 g/mol. The normalized spacial score (nSPS) is 15.0. The molecule has 146 valence electrons. The molecule has 3 aromatic rings. The number of ether oxygens (including phenoxy) is 2. The van der Waals surface area contributed by atoms with Crippen LogP contribution in [0.4, 0.5) is 0 Å². The van der Waals surface area contributed by atoms with Crippen molar-refractivity contribution in [2.75, 3.05) is 19.8 Å². The quantitative estimate of drug-likeness (QED) is 0.522. The van der Waals surface area contributed by atoms with Crippen LogP contribution >= 0.6 is 0 Å². The van der Waals surface area contributed by atoms with Crippen LogP contribution in [-0.4, -0.2) is 45.2 Å². The van der Waals surface area contributed by atoms with Crippen molar-refractivity contribution in [1.29, 1.82) is 5.41 Å². The zero-order chi connectivity index (χ0) is 19.5. The minimum absolute atomic E-state index is 0.145. The third-order valence-electron chi connectivity index (χ3n) is 4.99. The average Bonchev–Trinajstić information content (AvgIpc) is 3.03. The van der Waals surface area contributed by atoms with Crippen molar-refractivity contribution in [2.24, 2.45) is 5.92 Å². The molecule has 1 fully saturated rings. The standard InChI is InChI=1S/C20H23N5O3/c1-2-28-17(21)15-5-3-14(4-6-15)16-11-22-18-19(23-16)25(20(26)24-18)12-13-7-9-27-10-8-13/h3-6,11,13,21H,2,7-10,12H2,1H3,(H,22,24,26). The van der Waals surface area contributed by atoms with Crippen molar-refractivity contribution in [3.05, 3.63) is 46.5 Å². The number of hydrogen-bond acceptors (Lipinski definition) is 6. The summed E-state index contributed by atoms with van der Waals surface area (Å²) in [6.45, 7) is 4.40. The second-order valence-corrected chi connectivity index (χ2v) is 6.86. The maximum Gasteiger partial charge on any atom is 0.328 e. The van der Waals surface area contributed by atoms with Gasteiger partial charge >= 0.3 is 5.69 Å². The molecule has 2 N–H and O–H groups in total. The summed E-state index contributed by atoms with van der Waals surface area (Å²) in [6.07, 6.45) is 3.54. The summed E-state index contributed by atoms with van der Waals surface area (Å²) in [6, 6.07) is 7.41. The number of benzene rings is 1. The lowest BCUT2D eigenvalue weighted by Crippen LogP contribution is -2.26. The zero-order valence-electron chi connectivity index (χ0n) is 15.8. The molecule has 8 heteroatoms. The Labute approximate surface area is 162 Å². The molecule has 1 saturated heterocycles. The Kier molecular flexibility index (Phi) is 5.21. The maximum absolute atomic E-state index is 12.4. The SMILES string of the molecule is CCOC(=N)c1ccc(-c2cnc3[nH]c(=O)n(CC4CCOCC4)c3n2)cc1. The molecule has 0 radical (unpaired) electrons. The summed E-state index contributed by atoms with van der Waals surface area (Å²) in [7, 11) is 0. The second-order valence-electron chi connectivity index (χ2n) is 6.86. The van der Waals surface area contributed by atoms with Gasteiger partial charge in [-0.1, -0.05) is 12.1 Å². The first-order valence-corrected chi connectivity index (χ1v) is 9.51. The van der Waals surface area contributed by atoms with E-state index in [1.165, 1.54) is 0 Å². The minimum Gasteiger partial charge on any atom is -0.478 e. The van der Waals surface area contributed by atoms with E-state index in [2.05, 4.69) is 9.97 Å². The van der Waals surface area contributed by atoms with Gasteiger partial charge in [-0.3, -0.25) is 15.0 Å². The molecule has 0 bridgehead atoms. The van der Waals surface area contributed by atoms with Crippen molar-refractivity contribution in [3.63, 3.8) is 0 Å². The van der Waals surface area contributed by atoms with Gasteiger partial charge in [-0.25, -0.2) is 14.8 Å². The highest BCUT2D eigenvalue weighted by atomic mass is 16.5. The predicted octanol–water partition coefficient (Wildman–Crippen LogP) is 2.58. The number of nitrogens with zero attached hydrogens (tertiary/aromatic N) is 3. The molecule has 0 amide bonds. The zero-order valence-corrected chi connectivity index (χ0v) is 15.8. The molecule has 0 unspecified atom stereocenters. The maximum atomic E-state index is 12.4. The molecule has 0 atom stereocenters. The lowest BCUT2D eigenvalue weighted by atomic mass is 10.0. The lowest BCUT2D eigenvalue weighted by Gasteiger charge is -2.21. The number of hydrogen-bond donors (Lipinski definition) is 2. The van der Waals surface area contributed by atoms with E-state index in [0.717, 1.165) is 31.6 Å². The van der Waals surface area contributed by atoms with Gasteiger partial charge in [0.1, 0.15) is 0 Å². The fourth-order valence-electron chi connectivity index (χ4n) is 3.44. The van der Waals surface area contributed by atoms with E-state index in [9.17, 15) is 4.79 Å². The van der Waals surface area contributed by atoms with Gasteiger partial charge in [0, 0.05) is 30.9 Å². The van der Waals surface area contributed by atoms with E-state index < -0.39 is 0 Å². The van der Waals surface area contributed by atoms with Gasteiger partial charge in [0.05, 0.1) is 18.5 Å². The topological polar surface area (TPSA) is 106 Å². The van der Waals surface area contributed by atoms with Gasteiger partial charge in [-0.05, 0) is 37.8 Å². The van der Waals surface area contributed by atoms with Crippen LogP contribution in [0.3, 0.4) is 0 Å². The Hall–Kier alpha value is -3.00. The molecule has 2 aromatic heterocycles. The Bertz CT molecular complexity index is 1030. The third kappa shape index (κ3) is 3.68. The van der Waals surface area contributed by atoms with Crippen LogP contribution in [-0.2, 0) is 16.0 Å². The van der Waals surface area contributed by atoms with Crippen molar-refractivity contribution in [1.82, 2.24) is 19.5 Å². The van der Waals surface area contributed by atoms with E-state index in [0.29, 0.717) is 41.6 Å². The first kappa shape index (κ1) is 18.4. The lowest BCUT2D eigenvalue weighted by molar-refractivity contribution is 0.0613. The fraction of sp³-hybridized carbons (Fsp3) is 0.400. The molecule has 0 aliphatic carbocycles. The number of nitrogens with one attached hydrogen (secondary N) is 2. The fourth-order valence-corrected chi connectivity index (χ4v) is 3.44. The highest BCUT2D eigenvalue weighted by Gasteiger charge is 2.18. The first-order chi connectivity index (χ1) is 13.7. The number of imidazole rings is 1. The van der Waals surface area contributed by atoms with E-state index in [4.69, 9.17) is 19.9 Å². The van der Waals surface area contributed by atoms with E-state index in [1.807, 2.05) is 31.2 Å². The van der Waals surface area contributed by atoms with Crippen LogP contribution in [0.15, 0.2) is 35.3 Å². The van der Waals surface area contributed by atoms with Crippen LogP contribution in [0.25, 0.3) is 22.6 Å². The van der Waals surface area contributed by atoms with Crippen molar-refractivity contribution < 1.29 is 9.47 Å². The number of fused-ring (bicyclic) bond motifs is 1. The van der Waals surface area contributed by atoms with Gasteiger partial charge in [0.15, 0.2) is 11.3 Å². The highest BCUT2D eigenvalue weighted by molar-refractivity contribution is 5.92. The van der Waals surface area contributed by atoms with E-state index in [-0.39, 0.29) is 11.6 Å². The van der Waals surface area contributed by atoms with Gasteiger partial charge in [-0.15, -0.1) is 0 Å². The van der Waals surface area contributed by atoms with Crippen LogP contribution in [0.2, 0.25) is 0 Å². The molecule has 1 aliphatic rings. The second kappa shape index (κ2) is 7.93. The van der Waals surface area contributed by atoms with Crippen LogP contribution in [0.1, 0.15) is 25.3 Å². The summed E-state index contributed by atoms with van der Waals surface area (Å²) in [5.41, 5.74) is 3.14. The third-order valence-corrected chi connectivity index (χ3v) is 4.99. The molecule has 0 spiro atoms. The molecule has 0 saturated carbocycles. The molecule has 4 rings (SSSR count). The largest absolute Gasteiger partial charge is 0.478 e. The summed E-state index contributed by atoms with van der Waals surface area (Å²) < 4.78 is 12.3. The molecule has 8 nitrogen and oxygen atoms in total.